The molecule has 0 unspecified atom stereocenters. The smallest absolute Gasteiger partial charge is 0.416 e. The summed E-state index contributed by atoms with van der Waals surface area (Å²) < 4.78 is 45.4. The highest BCUT2D eigenvalue weighted by Gasteiger charge is 2.29. The van der Waals surface area contributed by atoms with Crippen LogP contribution >= 0.6 is 0 Å². The minimum absolute atomic E-state index is 0.247. The second kappa shape index (κ2) is 9.65. The van der Waals surface area contributed by atoms with Crippen LogP contribution < -0.4 is 5.32 Å². The van der Waals surface area contributed by atoms with Crippen LogP contribution in [0, 0.1) is 0 Å². The van der Waals surface area contributed by atoms with Gasteiger partial charge in [0, 0.05) is 24.5 Å². The second-order valence-electron chi connectivity index (χ2n) is 8.12. The SMILES string of the molecule is O=C(NCCc1ccc(C(F)(F)F)cc1)c1cc(-c2cccnc2)nc2c1cnn2Cc1ccco1. The fraction of sp³-hybridized carbons (Fsp3) is 0.154. The van der Waals surface area contributed by atoms with E-state index in [-0.39, 0.29) is 12.5 Å². The van der Waals surface area contributed by atoms with Gasteiger partial charge in [-0.15, -0.1) is 0 Å². The summed E-state index contributed by atoms with van der Waals surface area (Å²) in [4.78, 5) is 22.1. The van der Waals surface area contributed by atoms with E-state index in [1.54, 1.807) is 47.7 Å². The number of amides is 1. The largest absolute Gasteiger partial charge is 0.467 e. The normalized spacial score (nSPS) is 11.6. The summed E-state index contributed by atoms with van der Waals surface area (Å²) in [5.41, 5.74) is 2.18. The van der Waals surface area contributed by atoms with Crippen molar-refractivity contribution in [3.8, 4) is 11.3 Å². The van der Waals surface area contributed by atoms with Gasteiger partial charge in [-0.3, -0.25) is 9.78 Å². The Morgan fingerprint density at radius 3 is 2.58 bits per heavy atom. The molecule has 7 nitrogen and oxygen atoms in total. The van der Waals surface area contributed by atoms with E-state index in [2.05, 4.69) is 15.4 Å². The number of alkyl halides is 3. The van der Waals surface area contributed by atoms with Crippen molar-refractivity contribution in [2.75, 3.05) is 6.54 Å². The highest BCUT2D eigenvalue weighted by atomic mass is 19.4. The van der Waals surface area contributed by atoms with Crippen molar-refractivity contribution in [1.82, 2.24) is 25.1 Å². The molecule has 1 N–H and O–H groups in total. The van der Waals surface area contributed by atoms with E-state index in [0.29, 0.717) is 46.6 Å². The van der Waals surface area contributed by atoms with E-state index in [1.165, 1.54) is 12.1 Å². The topological polar surface area (TPSA) is 85.8 Å². The fourth-order valence-corrected chi connectivity index (χ4v) is 3.84. The molecule has 0 saturated carbocycles. The number of hydrogen-bond acceptors (Lipinski definition) is 5. The summed E-state index contributed by atoms with van der Waals surface area (Å²) in [5, 5.41) is 7.84. The molecule has 0 aliphatic heterocycles. The number of benzene rings is 1. The first-order chi connectivity index (χ1) is 17.4. The summed E-state index contributed by atoms with van der Waals surface area (Å²) in [7, 11) is 0. The van der Waals surface area contributed by atoms with Crippen LogP contribution in [0.25, 0.3) is 22.3 Å². The number of fused-ring (bicyclic) bond motifs is 1. The molecule has 0 radical (unpaired) electrons. The van der Waals surface area contributed by atoms with Crippen molar-refractivity contribution in [2.24, 2.45) is 0 Å². The molecule has 5 aromatic rings. The van der Waals surface area contributed by atoms with Gasteiger partial charge in [0.2, 0.25) is 0 Å². The Hall–Kier alpha value is -4.47. The molecule has 0 aliphatic rings. The van der Waals surface area contributed by atoms with Gasteiger partial charge in [0.25, 0.3) is 5.91 Å². The highest BCUT2D eigenvalue weighted by molar-refractivity contribution is 6.06. The summed E-state index contributed by atoms with van der Waals surface area (Å²) in [6, 6.07) is 13.8. The fourth-order valence-electron chi connectivity index (χ4n) is 3.84. The van der Waals surface area contributed by atoms with Gasteiger partial charge >= 0.3 is 6.18 Å². The van der Waals surface area contributed by atoms with Crippen molar-refractivity contribution in [3.05, 3.63) is 102 Å². The molecule has 182 valence electrons. The lowest BCUT2D eigenvalue weighted by Crippen LogP contribution is -2.26. The highest BCUT2D eigenvalue weighted by Crippen LogP contribution is 2.29. The van der Waals surface area contributed by atoms with E-state index < -0.39 is 11.7 Å². The molecule has 0 bridgehead atoms. The molecular weight excluding hydrogens is 471 g/mol. The Kier molecular flexibility index (Phi) is 6.24. The number of halogens is 3. The number of carbonyl (C=O) groups excluding carboxylic acids is 1. The summed E-state index contributed by atoms with van der Waals surface area (Å²) in [6.45, 7) is 0.589. The predicted molar refractivity (Wildman–Crippen MR) is 126 cm³/mol. The zero-order valence-electron chi connectivity index (χ0n) is 18.9. The van der Waals surface area contributed by atoms with Crippen LogP contribution in [0.3, 0.4) is 0 Å². The van der Waals surface area contributed by atoms with Crippen LogP contribution in [0.5, 0.6) is 0 Å². The first kappa shape index (κ1) is 23.3. The number of pyridine rings is 2. The molecule has 0 spiro atoms. The minimum Gasteiger partial charge on any atom is -0.467 e. The molecule has 0 aliphatic carbocycles. The zero-order valence-corrected chi connectivity index (χ0v) is 18.9. The van der Waals surface area contributed by atoms with Crippen LogP contribution in [-0.2, 0) is 19.1 Å². The van der Waals surface area contributed by atoms with Gasteiger partial charge in [-0.1, -0.05) is 12.1 Å². The van der Waals surface area contributed by atoms with E-state index >= 15 is 0 Å². The van der Waals surface area contributed by atoms with Gasteiger partial charge in [-0.05, 0) is 54.4 Å². The Morgan fingerprint density at radius 2 is 1.89 bits per heavy atom. The summed E-state index contributed by atoms with van der Waals surface area (Å²) in [6.07, 6.45) is 2.47. The Bertz CT molecular complexity index is 1480. The number of furan rings is 1. The van der Waals surface area contributed by atoms with E-state index in [4.69, 9.17) is 9.40 Å². The van der Waals surface area contributed by atoms with Crippen molar-refractivity contribution < 1.29 is 22.4 Å². The van der Waals surface area contributed by atoms with Crippen molar-refractivity contribution >= 4 is 16.9 Å². The van der Waals surface area contributed by atoms with Gasteiger partial charge < -0.3 is 9.73 Å². The maximum absolute atomic E-state index is 13.2. The summed E-state index contributed by atoms with van der Waals surface area (Å²) >= 11 is 0. The van der Waals surface area contributed by atoms with E-state index in [0.717, 1.165) is 17.7 Å². The van der Waals surface area contributed by atoms with Crippen LogP contribution in [0.1, 0.15) is 27.2 Å². The van der Waals surface area contributed by atoms with Crippen molar-refractivity contribution in [1.29, 1.82) is 0 Å². The quantitative estimate of drug-likeness (QED) is 0.341. The maximum atomic E-state index is 13.2. The summed E-state index contributed by atoms with van der Waals surface area (Å²) in [5.74, 6) is 0.355. The molecule has 4 heterocycles. The molecule has 36 heavy (non-hydrogen) atoms. The van der Waals surface area contributed by atoms with Crippen LogP contribution in [0.2, 0.25) is 0 Å². The number of nitrogens with one attached hydrogen (secondary N) is 1. The molecule has 0 fully saturated rings. The monoisotopic (exact) mass is 491 g/mol. The zero-order chi connectivity index (χ0) is 25.1. The molecule has 1 amide bonds. The standard InChI is InChI=1S/C26H20F3N5O2/c27-26(28,29)19-7-5-17(6-8-19)9-11-31-25(35)21-13-23(18-3-1-10-30-14-18)33-24-22(21)15-32-34(24)16-20-4-2-12-36-20/h1-8,10,12-15H,9,11,16H2,(H,31,35). The third-order valence-corrected chi connectivity index (χ3v) is 5.68. The Labute approximate surface area is 203 Å². The molecular formula is C26H20F3N5O2. The second-order valence-corrected chi connectivity index (χ2v) is 8.12. The predicted octanol–water partition coefficient (Wildman–Crippen LogP) is 5.13. The number of aromatic nitrogens is 4. The van der Waals surface area contributed by atoms with Gasteiger partial charge in [0.15, 0.2) is 5.65 Å². The lowest BCUT2D eigenvalue weighted by molar-refractivity contribution is -0.137. The lowest BCUT2D eigenvalue weighted by Gasteiger charge is -2.10. The van der Waals surface area contributed by atoms with Crippen LogP contribution in [-0.4, -0.2) is 32.2 Å². The van der Waals surface area contributed by atoms with Gasteiger partial charge in [-0.2, -0.15) is 18.3 Å². The number of carbonyl (C=O) groups is 1. The van der Waals surface area contributed by atoms with Crippen LogP contribution in [0.4, 0.5) is 13.2 Å². The average molecular weight is 491 g/mol. The van der Waals surface area contributed by atoms with Gasteiger partial charge in [0.05, 0.1) is 34.7 Å². The Morgan fingerprint density at radius 1 is 1.06 bits per heavy atom. The van der Waals surface area contributed by atoms with E-state index in [9.17, 15) is 18.0 Å². The maximum Gasteiger partial charge on any atom is 0.416 e. The molecule has 0 saturated heterocycles. The third-order valence-electron chi connectivity index (χ3n) is 5.68. The number of hydrogen-bond donors (Lipinski definition) is 1. The number of rotatable bonds is 7. The van der Waals surface area contributed by atoms with E-state index in [1.807, 2.05) is 12.1 Å². The molecule has 1 aromatic carbocycles. The molecule has 5 rings (SSSR count). The molecule has 10 heteroatoms. The molecule has 0 atom stereocenters. The van der Waals surface area contributed by atoms with Gasteiger partial charge in [0.1, 0.15) is 12.3 Å². The van der Waals surface area contributed by atoms with Crippen molar-refractivity contribution in [3.63, 3.8) is 0 Å². The minimum atomic E-state index is -4.38. The number of nitrogens with zero attached hydrogens (tertiary/aromatic N) is 4. The van der Waals surface area contributed by atoms with Crippen molar-refractivity contribution in [2.45, 2.75) is 19.1 Å². The van der Waals surface area contributed by atoms with Crippen LogP contribution in [0.15, 0.2) is 83.9 Å². The third kappa shape index (κ3) is 4.97. The lowest BCUT2D eigenvalue weighted by atomic mass is 10.1. The Balaban J connectivity index is 1.40. The first-order valence-corrected chi connectivity index (χ1v) is 11.1. The molecule has 4 aromatic heterocycles. The average Bonchev–Trinajstić information content (AvgIpc) is 3.54. The first-order valence-electron chi connectivity index (χ1n) is 11.1. The van der Waals surface area contributed by atoms with Gasteiger partial charge in [-0.25, -0.2) is 9.67 Å².